The first kappa shape index (κ1) is 17.0. The van der Waals surface area contributed by atoms with E-state index in [0.717, 1.165) is 12.4 Å². The van der Waals surface area contributed by atoms with Gasteiger partial charge in [0.1, 0.15) is 4.90 Å². The number of hydrogen-bond donors (Lipinski definition) is 2. The maximum atomic E-state index is 11.9. The molecule has 0 saturated carbocycles. The molecule has 114 valence electrons. The third-order valence-electron chi connectivity index (χ3n) is 1.93. The number of nitrogens with one attached hydrogen (secondary N) is 2. The highest BCUT2D eigenvalue weighted by atomic mass is 32.2. The zero-order valence-electron chi connectivity index (χ0n) is 10.4. The number of anilines is 1. The monoisotopic (exact) mass is 330 g/mol. The number of rotatable bonds is 7. The van der Waals surface area contributed by atoms with Crippen LogP contribution in [0.4, 0.5) is 19.1 Å². The van der Waals surface area contributed by atoms with Crippen LogP contribution in [-0.4, -0.2) is 42.7 Å². The van der Waals surface area contributed by atoms with Crippen LogP contribution in [0.3, 0.4) is 0 Å². The van der Waals surface area contributed by atoms with Crippen LogP contribution in [0.1, 0.15) is 6.92 Å². The van der Waals surface area contributed by atoms with Gasteiger partial charge in [-0.25, -0.2) is 23.1 Å². The van der Waals surface area contributed by atoms with Crippen molar-refractivity contribution < 1.29 is 21.6 Å². The number of hydrogen-bond acceptors (Lipinski definition) is 6. The van der Waals surface area contributed by atoms with E-state index < -0.39 is 21.3 Å². The average molecular weight is 330 g/mol. The number of nitrogens with zero attached hydrogens (tertiary/aromatic N) is 2. The van der Waals surface area contributed by atoms with Crippen LogP contribution in [0.5, 0.6) is 0 Å². The Bertz CT molecular complexity index is 519. The highest BCUT2D eigenvalue weighted by molar-refractivity contribution is 8.00. The van der Waals surface area contributed by atoms with Crippen LogP contribution in [0.15, 0.2) is 17.3 Å². The van der Waals surface area contributed by atoms with E-state index in [-0.39, 0.29) is 29.2 Å². The molecule has 0 aliphatic carbocycles. The van der Waals surface area contributed by atoms with Crippen molar-refractivity contribution in [1.29, 1.82) is 0 Å². The first-order valence-corrected chi connectivity index (χ1v) is 7.98. The van der Waals surface area contributed by atoms with Gasteiger partial charge in [-0.05, 0) is 18.7 Å². The predicted molar refractivity (Wildman–Crippen MR) is 69.9 cm³/mol. The highest BCUT2D eigenvalue weighted by Crippen LogP contribution is 2.29. The Morgan fingerprint density at radius 3 is 2.40 bits per heavy atom. The minimum atomic E-state index is -4.37. The second-order valence-corrected chi connectivity index (χ2v) is 6.39. The van der Waals surface area contributed by atoms with E-state index in [9.17, 15) is 21.6 Å². The highest BCUT2D eigenvalue weighted by Gasteiger charge is 2.27. The molecule has 0 spiro atoms. The summed E-state index contributed by atoms with van der Waals surface area (Å²) >= 11 is -0.290. The molecule has 20 heavy (non-hydrogen) atoms. The van der Waals surface area contributed by atoms with Gasteiger partial charge in [0.2, 0.25) is 16.0 Å². The molecule has 1 heterocycles. The lowest BCUT2D eigenvalue weighted by Gasteiger charge is -2.08. The summed E-state index contributed by atoms with van der Waals surface area (Å²) in [6.07, 6.45) is 2.18. The minimum Gasteiger partial charge on any atom is -0.355 e. The molecule has 1 aromatic heterocycles. The lowest BCUT2D eigenvalue weighted by atomic mass is 10.6. The zero-order chi connectivity index (χ0) is 15.2. The molecule has 0 aromatic carbocycles. The molecule has 0 aliphatic heterocycles. The van der Waals surface area contributed by atoms with E-state index in [1.54, 1.807) is 0 Å². The van der Waals surface area contributed by atoms with Crippen LogP contribution in [-0.2, 0) is 10.0 Å². The molecule has 0 bridgehead atoms. The van der Waals surface area contributed by atoms with Crippen LogP contribution in [0.2, 0.25) is 0 Å². The van der Waals surface area contributed by atoms with Gasteiger partial charge in [-0.2, -0.15) is 13.2 Å². The Balaban J connectivity index is 2.56. The van der Waals surface area contributed by atoms with E-state index in [1.807, 2.05) is 6.92 Å². The van der Waals surface area contributed by atoms with Crippen LogP contribution < -0.4 is 10.0 Å². The molecule has 1 aromatic rings. The predicted octanol–water partition coefficient (Wildman–Crippen LogP) is 1.44. The third-order valence-corrected chi connectivity index (χ3v) is 4.08. The number of thioether (sulfide) groups is 1. The van der Waals surface area contributed by atoms with Crippen molar-refractivity contribution in [3.05, 3.63) is 12.4 Å². The lowest BCUT2D eigenvalue weighted by molar-refractivity contribution is -0.0327. The second kappa shape index (κ2) is 7.09. The molecular weight excluding hydrogens is 317 g/mol. The normalized spacial score (nSPS) is 12.4. The maximum absolute atomic E-state index is 11.9. The number of alkyl halides is 3. The topological polar surface area (TPSA) is 84.0 Å². The lowest BCUT2D eigenvalue weighted by Crippen LogP contribution is -2.27. The first-order chi connectivity index (χ1) is 9.24. The van der Waals surface area contributed by atoms with Gasteiger partial charge in [-0.1, -0.05) is 0 Å². The molecule has 0 fully saturated rings. The van der Waals surface area contributed by atoms with Crippen LogP contribution in [0.25, 0.3) is 0 Å². The van der Waals surface area contributed by atoms with Crippen LogP contribution >= 0.6 is 11.8 Å². The summed E-state index contributed by atoms with van der Waals surface area (Å²) in [4.78, 5) is 7.35. The van der Waals surface area contributed by atoms with Crippen molar-refractivity contribution >= 4 is 27.7 Å². The molecule has 1 rings (SSSR count). The molecule has 0 aliphatic rings. The SMILES string of the molecule is CCNc1ncc(S(=O)(=O)NCCSC(F)(F)F)cn1. The van der Waals surface area contributed by atoms with Crippen LogP contribution in [0, 0.1) is 0 Å². The van der Waals surface area contributed by atoms with Crippen molar-refractivity contribution in [2.45, 2.75) is 17.3 Å². The number of aromatic nitrogens is 2. The largest absolute Gasteiger partial charge is 0.441 e. The van der Waals surface area contributed by atoms with Crippen molar-refractivity contribution in [3.8, 4) is 0 Å². The molecule has 0 atom stereocenters. The summed E-state index contributed by atoms with van der Waals surface area (Å²) in [5.41, 5.74) is -4.37. The fraction of sp³-hybridized carbons (Fsp3) is 0.556. The third kappa shape index (κ3) is 5.92. The summed E-state index contributed by atoms with van der Waals surface area (Å²) in [7, 11) is -3.89. The summed E-state index contributed by atoms with van der Waals surface area (Å²) < 4.78 is 61.1. The molecule has 2 N–H and O–H groups in total. The molecule has 0 saturated heterocycles. The van der Waals surface area contributed by atoms with E-state index in [2.05, 4.69) is 20.0 Å². The van der Waals surface area contributed by atoms with Gasteiger partial charge in [-0.15, -0.1) is 0 Å². The summed E-state index contributed by atoms with van der Waals surface area (Å²) in [5, 5.41) is 2.79. The smallest absolute Gasteiger partial charge is 0.355 e. The maximum Gasteiger partial charge on any atom is 0.441 e. The minimum absolute atomic E-state index is 0.198. The van der Waals surface area contributed by atoms with E-state index >= 15 is 0 Å². The van der Waals surface area contributed by atoms with Gasteiger partial charge in [0.05, 0.1) is 12.4 Å². The average Bonchev–Trinajstić information content (AvgIpc) is 2.35. The van der Waals surface area contributed by atoms with Gasteiger partial charge in [0, 0.05) is 18.8 Å². The van der Waals surface area contributed by atoms with Gasteiger partial charge >= 0.3 is 5.51 Å². The molecule has 11 heteroatoms. The van der Waals surface area contributed by atoms with Crippen molar-refractivity contribution in [1.82, 2.24) is 14.7 Å². The van der Waals surface area contributed by atoms with Gasteiger partial charge in [0.15, 0.2) is 0 Å². The summed E-state index contributed by atoms with van der Waals surface area (Å²) in [5.74, 6) is -0.127. The molecule has 0 radical (unpaired) electrons. The summed E-state index contributed by atoms with van der Waals surface area (Å²) in [6, 6.07) is 0. The molecular formula is C9H13F3N4O2S2. The Labute approximate surface area is 118 Å². The number of halogens is 3. The van der Waals surface area contributed by atoms with Crippen molar-refractivity contribution in [3.63, 3.8) is 0 Å². The number of sulfonamides is 1. The first-order valence-electron chi connectivity index (χ1n) is 5.51. The van der Waals surface area contributed by atoms with E-state index in [4.69, 9.17) is 0 Å². The second-order valence-electron chi connectivity index (χ2n) is 3.46. The summed E-state index contributed by atoms with van der Waals surface area (Å²) in [6.45, 7) is 2.08. The van der Waals surface area contributed by atoms with Crippen molar-refractivity contribution in [2.75, 3.05) is 24.2 Å². The Morgan fingerprint density at radius 1 is 1.30 bits per heavy atom. The van der Waals surface area contributed by atoms with Gasteiger partial charge in [0.25, 0.3) is 0 Å². The zero-order valence-corrected chi connectivity index (χ0v) is 12.1. The van der Waals surface area contributed by atoms with Gasteiger partial charge in [-0.3, -0.25) is 0 Å². The Morgan fingerprint density at radius 2 is 1.90 bits per heavy atom. The molecule has 0 amide bonds. The van der Waals surface area contributed by atoms with E-state index in [1.165, 1.54) is 0 Å². The van der Waals surface area contributed by atoms with Gasteiger partial charge < -0.3 is 5.32 Å². The quantitative estimate of drug-likeness (QED) is 0.736. The fourth-order valence-corrected chi connectivity index (χ4v) is 2.62. The molecule has 6 nitrogen and oxygen atoms in total. The van der Waals surface area contributed by atoms with Crippen molar-refractivity contribution in [2.24, 2.45) is 0 Å². The fourth-order valence-electron chi connectivity index (χ4n) is 1.13. The standard InChI is InChI=1S/C9H13F3N4O2S2/c1-2-13-8-14-5-7(6-15-8)20(17,18)16-3-4-19-9(10,11)12/h5-6,16H,2-4H2,1H3,(H,13,14,15). The Hall–Kier alpha value is -1.07. The van der Waals surface area contributed by atoms with E-state index in [0.29, 0.717) is 6.54 Å². The Kier molecular flexibility index (Phi) is 6.02. The molecule has 0 unspecified atom stereocenters.